The maximum absolute atomic E-state index is 6.06. The van der Waals surface area contributed by atoms with Gasteiger partial charge in [0.15, 0.2) is 0 Å². The molecule has 0 saturated carbocycles. The van der Waals surface area contributed by atoms with Crippen molar-refractivity contribution in [3.8, 4) is 11.5 Å². The summed E-state index contributed by atoms with van der Waals surface area (Å²) >= 11 is 12.0. The van der Waals surface area contributed by atoms with Gasteiger partial charge in [-0.1, -0.05) is 29.3 Å². The van der Waals surface area contributed by atoms with E-state index in [9.17, 15) is 0 Å². The summed E-state index contributed by atoms with van der Waals surface area (Å²) < 4.78 is 11.0. The van der Waals surface area contributed by atoms with Crippen LogP contribution < -0.4 is 15.2 Å². The van der Waals surface area contributed by atoms with Crippen molar-refractivity contribution < 1.29 is 9.47 Å². The third kappa shape index (κ3) is 3.57. The molecule has 0 aliphatic heterocycles. The second-order valence-corrected chi connectivity index (χ2v) is 5.06. The van der Waals surface area contributed by atoms with E-state index in [4.69, 9.17) is 38.4 Å². The smallest absolute Gasteiger partial charge is 0.139 e. The minimum Gasteiger partial charge on any atom is -0.496 e. The van der Waals surface area contributed by atoms with Gasteiger partial charge in [0.05, 0.1) is 12.1 Å². The Morgan fingerprint density at radius 3 is 2.55 bits per heavy atom. The highest BCUT2D eigenvalue weighted by Crippen LogP contribution is 2.29. The molecule has 0 aliphatic carbocycles. The highest BCUT2D eigenvalue weighted by atomic mass is 35.5. The van der Waals surface area contributed by atoms with Crippen LogP contribution in [0, 0.1) is 0 Å². The second-order valence-electron chi connectivity index (χ2n) is 4.21. The highest BCUT2D eigenvalue weighted by molar-refractivity contribution is 6.34. The van der Waals surface area contributed by atoms with E-state index in [-0.39, 0.29) is 0 Å². The van der Waals surface area contributed by atoms with Crippen molar-refractivity contribution in [3.63, 3.8) is 0 Å². The minimum atomic E-state index is 0.330. The first kappa shape index (κ1) is 15.0. The molecule has 106 valence electrons. The number of hydrogen-bond donors (Lipinski definition) is 1. The molecule has 0 atom stereocenters. The summed E-state index contributed by atoms with van der Waals surface area (Å²) in [6.07, 6.45) is 0. The molecule has 5 heteroatoms. The van der Waals surface area contributed by atoms with Crippen LogP contribution in [0.5, 0.6) is 11.5 Å². The predicted octanol–water partition coefficient (Wildman–Crippen LogP) is 4.04. The van der Waals surface area contributed by atoms with Gasteiger partial charge < -0.3 is 15.2 Å². The van der Waals surface area contributed by atoms with Gasteiger partial charge in [-0.2, -0.15) is 0 Å². The summed E-state index contributed by atoms with van der Waals surface area (Å²) in [5.41, 5.74) is 7.57. The van der Waals surface area contributed by atoms with E-state index in [0.29, 0.717) is 28.9 Å². The Morgan fingerprint density at radius 2 is 1.85 bits per heavy atom. The molecule has 0 radical (unpaired) electrons. The first-order valence-electron chi connectivity index (χ1n) is 6.07. The average Bonchev–Trinajstić information content (AvgIpc) is 2.47. The van der Waals surface area contributed by atoms with Gasteiger partial charge in [0.1, 0.15) is 18.1 Å². The number of nitrogens with two attached hydrogens (primary N) is 1. The number of ether oxygens (including phenoxy) is 2. The lowest BCUT2D eigenvalue weighted by Gasteiger charge is -2.12. The third-order valence-electron chi connectivity index (χ3n) is 2.86. The lowest BCUT2D eigenvalue weighted by molar-refractivity contribution is 0.296. The van der Waals surface area contributed by atoms with Crippen LogP contribution in [0.2, 0.25) is 10.0 Å². The van der Waals surface area contributed by atoms with E-state index < -0.39 is 0 Å². The van der Waals surface area contributed by atoms with Gasteiger partial charge in [0.25, 0.3) is 0 Å². The Kier molecular flexibility index (Phi) is 5.12. The largest absolute Gasteiger partial charge is 0.496 e. The van der Waals surface area contributed by atoms with E-state index in [0.717, 1.165) is 16.9 Å². The molecule has 2 aromatic rings. The lowest BCUT2D eigenvalue weighted by Crippen LogP contribution is -2.02. The molecular formula is C15H15Cl2NO2. The van der Waals surface area contributed by atoms with Gasteiger partial charge in [-0.15, -0.1) is 0 Å². The molecular weight excluding hydrogens is 297 g/mol. The Balaban J connectivity index is 2.19. The molecule has 0 spiro atoms. The van der Waals surface area contributed by atoms with E-state index in [1.54, 1.807) is 25.3 Å². The van der Waals surface area contributed by atoms with Crippen LogP contribution in [0.1, 0.15) is 11.1 Å². The zero-order chi connectivity index (χ0) is 14.5. The van der Waals surface area contributed by atoms with Gasteiger partial charge in [0, 0.05) is 23.2 Å². The van der Waals surface area contributed by atoms with Crippen molar-refractivity contribution in [2.75, 3.05) is 7.11 Å². The summed E-state index contributed by atoms with van der Waals surface area (Å²) in [6, 6.07) is 10.9. The zero-order valence-corrected chi connectivity index (χ0v) is 12.5. The van der Waals surface area contributed by atoms with Gasteiger partial charge in [0.2, 0.25) is 0 Å². The van der Waals surface area contributed by atoms with Crippen molar-refractivity contribution in [1.82, 2.24) is 0 Å². The Labute approximate surface area is 128 Å². The number of benzene rings is 2. The van der Waals surface area contributed by atoms with Crippen molar-refractivity contribution in [3.05, 3.63) is 57.6 Å². The number of halogens is 2. The quantitative estimate of drug-likeness (QED) is 0.906. The normalized spacial score (nSPS) is 10.4. The Morgan fingerprint density at radius 1 is 1.05 bits per heavy atom. The van der Waals surface area contributed by atoms with Crippen LogP contribution in [-0.4, -0.2) is 7.11 Å². The average molecular weight is 312 g/mol. The number of rotatable bonds is 5. The topological polar surface area (TPSA) is 44.5 Å². The second kappa shape index (κ2) is 6.84. The molecule has 0 unspecified atom stereocenters. The van der Waals surface area contributed by atoms with Crippen LogP contribution in [0.3, 0.4) is 0 Å². The lowest BCUT2D eigenvalue weighted by atomic mass is 10.1. The van der Waals surface area contributed by atoms with Crippen LogP contribution in [0.25, 0.3) is 0 Å². The molecule has 0 bridgehead atoms. The first-order chi connectivity index (χ1) is 9.63. The zero-order valence-electron chi connectivity index (χ0n) is 11.0. The molecule has 2 aromatic carbocycles. The van der Waals surface area contributed by atoms with Gasteiger partial charge in [-0.05, 0) is 29.8 Å². The minimum absolute atomic E-state index is 0.330. The van der Waals surface area contributed by atoms with Crippen LogP contribution >= 0.6 is 23.2 Å². The third-order valence-corrected chi connectivity index (χ3v) is 3.40. The van der Waals surface area contributed by atoms with Crippen LogP contribution in [0.15, 0.2) is 36.4 Å². The summed E-state index contributed by atoms with van der Waals surface area (Å²) in [4.78, 5) is 0. The summed E-state index contributed by atoms with van der Waals surface area (Å²) in [6.45, 7) is 0.798. The molecule has 0 aliphatic rings. The molecule has 0 fully saturated rings. The predicted molar refractivity (Wildman–Crippen MR) is 81.7 cm³/mol. The molecule has 0 aromatic heterocycles. The summed E-state index contributed by atoms with van der Waals surface area (Å²) in [7, 11) is 1.62. The van der Waals surface area contributed by atoms with E-state index in [2.05, 4.69) is 0 Å². The highest BCUT2D eigenvalue weighted by Gasteiger charge is 2.07. The fourth-order valence-electron chi connectivity index (χ4n) is 1.82. The fraction of sp³-hybridized carbons (Fsp3) is 0.200. The van der Waals surface area contributed by atoms with Gasteiger partial charge in [-0.25, -0.2) is 0 Å². The molecule has 0 amide bonds. The summed E-state index contributed by atoms with van der Waals surface area (Å²) in [5, 5.41) is 1.09. The Bertz CT molecular complexity index is 602. The van der Waals surface area contributed by atoms with Gasteiger partial charge >= 0.3 is 0 Å². The standard InChI is InChI=1S/C15H15Cl2NO2/c1-19-14-5-2-10(8-18)6-11(14)9-20-15-7-12(16)3-4-13(15)17/h2-7H,8-9,18H2,1H3. The Hall–Kier alpha value is -1.42. The van der Waals surface area contributed by atoms with E-state index in [1.807, 2.05) is 18.2 Å². The van der Waals surface area contributed by atoms with E-state index >= 15 is 0 Å². The van der Waals surface area contributed by atoms with Gasteiger partial charge in [-0.3, -0.25) is 0 Å². The fourth-order valence-corrected chi connectivity index (χ4v) is 2.15. The molecule has 2 N–H and O–H groups in total. The SMILES string of the molecule is COc1ccc(CN)cc1COc1cc(Cl)ccc1Cl. The van der Waals surface area contributed by atoms with Crippen molar-refractivity contribution in [2.45, 2.75) is 13.2 Å². The number of hydrogen-bond acceptors (Lipinski definition) is 3. The monoisotopic (exact) mass is 311 g/mol. The summed E-state index contributed by atoms with van der Waals surface area (Å²) in [5.74, 6) is 1.29. The maximum Gasteiger partial charge on any atom is 0.139 e. The van der Waals surface area contributed by atoms with Crippen molar-refractivity contribution in [1.29, 1.82) is 0 Å². The molecule has 0 heterocycles. The van der Waals surface area contributed by atoms with Crippen molar-refractivity contribution >= 4 is 23.2 Å². The molecule has 0 saturated heterocycles. The van der Waals surface area contributed by atoms with Crippen LogP contribution in [-0.2, 0) is 13.2 Å². The number of methoxy groups -OCH3 is 1. The molecule has 3 nitrogen and oxygen atoms in total. The van der Waals surface area contributed by atoms with Crippen molar-refractivity contribution in [2.24, 2.45) is 5.73 Å². The first-order valence-corrected chi connectivity index (χ1v) is 6.83. The van der Waals surface area contributed by atoms with Crippen LogP contribution in [0.4, 0.5) is 0 Å². The molecule has 20 heavy (non-hydrogen) atoms. The maximum atomic E-state index is 6.06. The molecule has 2 rings (SSSR count). The van der Waals surface area contributed by atoms with E-state index in [1.165, 1.54) is 0 Å².